The van der Waals surface area contributed by atoms with Crippen LogP contribution in [0, 0.1) is 5.21 Å². The Morgan fingerprint density at radius 2 is 2.47 bits per heavy atom. The molecule has 0 saturated heterocycles. The molecule has 0 bridgehead atoms. The fraction of sp³-hybridized carbons (Fsp3) is 0.400. The monoisotopic (exact) mass is 208 g/mol. The van der Waals surface area contributed by atoms with Gasteiger partial charge in [0.2, 0.25) is 0 Å². The molecule has 0 fully saturated rings. The summed E-state index contributed by atoms with van der Waals surface area (Å²) in [6.07, 6.45) is 4.26. The van der Waals surface area contributed by atoms with Crippen LogP contribution < -0.4 is 5.59 Å². The Morgan fingerprint density at radius 3 is 3.07 bits per heavy atom. The summed E-state index contributed by atoms with van der Waals surface area (Å²) in [6, 6.07) is 3.48. The molecule has 1 aromatic rings. The van der Waals surface area contributed by atoms with Crippen molar-refractivity contribution in [2.45, 2.75) is 12.8 Å². The molecule has 1 heterocycles. The van der Waals surface area contributed by atoms with Crippen molar-refractivity contribution in [1.82, 2.24) is 15.6 Å². The summed E-state index contributed by atoms with van der Waals surface area (Å²) in [7, 11) is 1.64. The van der Waals surface area contributed by atoms with Gasteiger partial charge in [-0.1, -0.05) is 0 Å². The van der Waals surface area contributed by atoms with E-state index in [2.05, 4.69) is 4.98 Å². The molecule has 1 N–H and O–H groups in total. The second-order valence-electron chi connectivity index (χ2n) is 3.28. The fourth-order valence-corrected chi connectivity index (χ4v) is 1.19. The van der Waals surface area contributed by atoms with E-state index in [9.17, 15) is 10.0 Å². The van der Waals surface area contributed by atoms with Gasteiger partial charge in [0.1, 0.15) is 0 Å². The molecule has 5 nitrogen and oxygen atoms in total. The van der Waals surface area contributed by atoms with E-state index in [1.54, 1.807) is 37.2 Å². The smallest absolute Gasteiger partial charge is 0.164 e. The zero-order chi connectivity index (χ0) is 11.1. The number of nitrogens with one attached hydrogen (secondary N) is 1. The van der Waals surface area contributed by atoms with Crippen LogP contribution in [0.5, 0.6) is 0 Å². The highest BCUT2D eigenvalue weighted by Crippen LogP contribution is 2.03. The fourth-order valence-electron chi connectivity index (χ4n) is 1.19. The van der Waals surface area contributed by atoms with Gasteiger partial charge in [-0.15, -0.1) is 0 Å². The predicted molar refractivity (Wildman–Crippen MR) is 56.9 cm³/mol. The number of hydrogen-bond donors (Lipinski definition) is 1. The topological polar surface area (TPSA) is 68.3 Å². The third kappa shape index (κ3) is 4.16. The van der Waals surface area contributed by atoms with Gasteiger partial charge in [0.15, 0.2) is 5.78 Å². The molecular weight excluding hydrogens is 194 g/mol. The Labute approximate surface area is 88.7 Å². The summed E-state index contributed by atoms with van der Waals surface area (Å²) < 4.78 is 0. The largest absolute Gasteiger partial charge is 0.774 e. The first-order valence-corrected chi connectivity index (χ1v) is 4.76. The number of hydrazine groups is 1. The number of rotatable bonds is 6. The Bertz CT molecular complexity index is 303. The highest BCUT2D eigenvalue weighted by Gasteiger charge is 2.05. The molecule has 1 aromatic heterocycles. The van der Waals surface area contributed by atoms with Crippen molar-refractivity contribution >= 4 is 5.78 Å². The van der Waals surface area contributed by atoms with Gasteiger partial charge in [0, 0.05) is 38.0 Å². The molecule has 5 heteroatoms. The number of aromatic nitrogens is 1. The van der Waals surface area contributed by atoms with Crippen molar-refractivity contribution in [3.05, 3.63) is 35.3 Å². The number of pyridine rings is 1. The van der Waals surface area contributed by atoms with E-state index >= 15 is 0 Å². The first-order chi connectivity index (χ1) is 7.24. The van der Waals surface area contributed by atoms with Crippen molar-refractivity contribution in [2.75, 3.05) is 13.6 Å². The highest BCUT2D eigenvalue weighted by atomic mass is 16.5. The third-order valence-corrected chi connectivity index (χ3v) is 2.04. The zero-order valence-corrected chi connectivity index (χ0v) is 8.64. The molecule has 0 aromatic carbocycles. The van der Waals surface area contributed by atoms with Crippen molar-refractivity contribution in [2.24, 2.45) is 0 Å². The lowest BCUT2D eigenvalue weighted by Crippen LogP contribution is -2.30. The van der Waals surface area contributed by atoms with Crippen molar-refractivity contribution in [3.63, 3.8) is 0 Å². The zero-order valence-electron chi connectivity index (χ0n) is 8.64. The van der Waals surface area contributed by atoms with E-state index in [4.69, 9.17) is 0 Å². The number of hydrogen-bond acceptors (Lipinski definition) is 5. The Kier molecular flexibility index (Phi) is 4.89. The Balaban J connectivity index is 2.31. The van der Waals surface area contributed by atoms with Gasteiger partial charge < -0.3 is 10.8 Å². The van der Waals surface area contributed by atoms with E-state index < -0.39 is 0 Å². The van der Waals surface area contributed by atoms with Gasteiger partial charge in [-0.3, -0.25) is 14.8 Å². The maximum absolute atomic E-state index is 11.6. The lowest BCUT2D eigenvalue weighted by Gasteiger charge is -2.20. The molecule has 0 unspecified atom stereocenters. The summed E-state index contributed by atoms with van der Waals surface area (Å²) in [5, 5.41) is 11.6. The Morgan fingerprint density at radius 1 is 1.67 bits per heavy atom. The first kappa shape index (κ1) is 11.8. The average Bonchev–Trinajstić information content (AvgIpc) is 2.29. The maximum Gasteiger partial charge on any atom is 0.164 e. The number of ketones is 1. The minimum absolute atomic E-state index is 0.0578. The summed E-state index contributed by atoms with van der Waals surface area (Å²) in [5.41, 5.74) is 2.36. The minimum Gasteiger partial charge on any atom is -0.774 e. The van der Waals surface area contributed by atoms with Gasteiger partial charge in [-0.05, 0) is 18.6 Å². The van der Waals surface area contributed by atoms with E-state index in [1.165, 1.54) is 5.01 Å². The van der Waals surface area contributed by atoms with Gasteiger partial charge >= 0.3 is 0 Å². The minimum atomic E-state index is 0.0578. The second kappa shape index (κ2) is 6.23. The summed E-state index contributed by atoms with van der Waals surface area (Å²) in [6.45, 7) is 0.551. The van der Waals surface area contributed by atoms with Crippen molar-refractivity contribution in [1.29, 1.82) is 0 Å². The molecule has 0 radical (unpaired) electrons. The average molecular weight is 208 g/mol. The normalized spacial score (nSPS) is 10.6. The quantitative estimate of drug-likeness (QED) is 0.557. The van der Waals surface area contributed by atoms with Crippen LogP contribution in [0.15, 0.2) is 24.5 Å². The van der Waals surface area contributed by atoms with E-state index in [0.29, 0.717) is 24.9 Å². The summed E-state index contributed by atoms with van der Waals surface area (Å²) in [4.78, 5) is 15.4. The standard InChI is InChI=1S/C10H14N3O2/c1-13(12-15)7-3-5-10(14)9-4-2-6-11-8-9/h2,4,6,8,12H,3,5,7H2,1H3/q-1. The van der Waals surface area contributed by atoms with Crippen LogP contribution >= 0.6 is 0 Å². The van der Waals surface area contributed by atoms with Crippen LogP contribution in [0.25, 0.3) is 0 Å². The lowest BCUT2D eigenvalue weighted by atomic mass is 10.1. The van der Waals surface area contributed by atoms with E-state index in [1.807, 2.05) is 0 Å². The lowest BCUT2D eigenvalue weighted by molar-refractivity contribution is 0.0974. The second-order valence-corrected chi connectivity index (χ2v) is 3.28. The van der Waals surface area contributed by atoms with Crippen LogP contribution in [-0.2, 0) is 0 Å². The molecule has 82 valence electrons. The number of Topliss-reactive ketones (excluding diaryl/α,β-unsaturated/α-hetero) is 1. The van der Waals surface area contributed by atoms with E-state index in [0.717, 1.165) is 0 Å². The van der Waals surface area contributed by atoms with Gasteiger partial charge in [-0.2, -0.15) is 0 Å². The molecular formula is C10H14N3O2-. The molecule has 1 rings (SSSR count). The van der Waals surface area contributed by atoms with Gasteiger partial charge in [0.25, 0.3) is 0 Å². The SMILES string of the molecule is CN(CCCC(=O)c1cccnc1)N[O-]. The molecule has 0 spiro atoms. The van der Waals surface area contributed by atoms with Crippen LogP contribution in [0.1, 0.15) is 23.2 Å². The van der Waals surface area contributed by atoms with Crippen LogP contribution in [-0.4, -0.2) is 29.4 Å². The number of carbonyl (C=O) groups excluding carboxylic acids is 1. The molecule has 0 saturated carbocycles. The predicted octanol–water partition coefficient (Wildman–Crippen LogP) is 0.979. The summed E-state index contributed by atoms with van der Waals surface area (Å²) >= 11 is 0. The van der Waals surface area contributed by atoms with Gasteiger partial charge in [0.05, 0.1) is 0 Å². The molecule has 0 atom stereocenters. The van der Waals surface area contributed by atoms with E-state index in [-0.39, 0.29) is 5.78 Å². The molecule has 0 aliphatic heterocycles. The van der Waals surface area contributed by atoms with Crippen LogP contribution in [0.3, 0.4) is 0 Å². The molecule has 15 heavy (non-hydrogen) atoms. The van der Waals surface area contributed by atoms with Crippen molar-refractivity contribution in [3.8, 4) is 0 Å². The van der Waals surface area contributed by atoms with Crippen molar-refractivity contribution < 1.29 is 4.79 Å². The first-order valence-electron chi connectivity index (χ1n) is 4.76. The third-order valence-electron chi connectivity index (χ3n) is 2.04. The Hall–Kier alpha value is -1.30. The van der Waals surface area contributed by atoms with Crippen LogP contribution in [0.4, 0.5) is 0 Å². The number of carbonyl (C=O) groups is 1. The maximum atomic E-state index is 11.6. The van der Waals surface area contributed by atoms with Crippen LogP contribution in [0.2, 0.25) is 0 Å². The molecule has 0 aliphatic rings. The highest BCUT2D eigenvalue weighted by molar-refractivity contribution is 5.95. The molecule has 0 aliphatic carbocycles. The summed E-state index contributed by atoms with van der Waals surface area (Å²) in [5.74, 6) is 0.0578. The van der Waals surface area contributed by atoms with Gasteiger partial charge in [-0.25, -0.2) is 0 Å². The number of nitrogens with zero attached hydrogens (tertiary/aromatic N) is 2. The molecule has 0 amide bonds.